The van der Waals surface area contributed by atoms with Crippen molar-refractivity contribution >= 4 is 17.4 Å². The van der Waals surface area contributed by atoms with E-state index < -0.39 is 6.04 Å². The molecule has 8 nitrogen and oxygen atoms in total. The van der Waals surface area contributed by atoms with Crippen LogP contribution in [0.4, 0.5) is 11.5 Å². The molecule has 0 radical (unpaired) electrons. The van der Waals surface area contributed by atoms with Crippen molar-refractivity contribution in [2.24, 2.45) is 5.73 Å². The van der Waals surface area contributed by atoms with Crippen molar-refractivity contribution in [2.75, 3.05) is 49.7 Å². The third kappa shape index (κ3) is 4.52. The number of benzene rings is 1. The van der Waals surface area contributed by atoms with Gasteiger partial charge in [-0.15, -0.1) is 0 Å². The van der Waals surface area contributed by atoms with Crippen LogP contribution in [0.25, 0.3) is 0 Å². The van der Waals surface area contributed by atoms with E-state index in [0.717, 1.165) is 49.0 Å². The maximum Gasteiger partial charge on any atom is 0.239 e. The topological polar surface area (TPSA) is 104 Å². The summed E-state index contributed by atoms with van der Waals surface area (Å²) in [6, 6.07) is 10.9. The van der Waals surface area contributed by atoms with Crippen LogP contribution in [0.15, 0.2) is 42.6 Å². The highest BCUT2D eigenvalue weighted by molar-refractivity contribution is 5.81. The van der Waals surface area contributed by atoms with Gasteiger partial charge in [-0.2, -0.15) is 0 Å². The molecule has 1 aliphatic rings. The fourth-order valence-corrected chi connectivity index (χ4v) is 3.30. The molecule has 1 atom stereocenters. The van der Waals surface area contributed by atoms with E-state index in [4.69, 9.17) is 15.6 Å². The first kappa shape index (κ1) is 19.9. The molecule has 0 spiro atoms. The molecule has 8 heteroatoms. The van der Waals surface area contributed by atoms with Gasteiger partial charge in [-0.3, -0.25) is 4.79 Å². The lowest BCUT2D eigenvalue weighted by atomic mass is 10.2. The van der Waals surface area contributed by atoms with Crippen LogP contribution in [0.2, 0.25) is 0 Å². The summed E-state index contributed by atoms with van der Waals surface area (Å²) in [4.78, 5) is 20.9. The number of carbonyl (C=O) groups excluding carboxylic acids is 1. The molecule has 4 N–H and O–H groups in total. The summed E-state index contributed by atoms with van der Waals surface area (Å²) in [5.41, 5.74) is 7.57. The average Bonchev–Trinajstić information content (AvgIpc) is 2.77. The Morgan fingerprint density at radius 3 is 2.64 bits per heavy atom. The molecule has 1 aromatic heterocycles. The summed E-state index contributed by atoms with van der Waals surface area (Å²) in [6.45, 7) is 3.26. The molecule has 150 valence electrons. The number of para-hydroxylation sites is 2. The van der Waals surface area contributed by atoms with Gasteiger partial charge in [-0.1, -0.05) is 18.2 Å². The van der Waals surface area contributed by atoms with Gasteiger partial charge in [-0.25, -0.2) is 4.98 Å². The number of hydrogen-bond donors (Lipinski definition) is 3. The number of carbonyl (C=O) groups is 1. The van der Waals surface area contributed by atoms with Crippen molar-refractivity contribution in [1.82, 2.24) is 10.3 Å². The molecule has 1 saturated heterocycles. The number of amides is 1. The SMILES string of the molecule is COc1ccccc1N1CCN(c2ncccc2CNC(=O)[C@@H](N)CO)CC1. The Morgan fingerprint density at radius 2 is 1.93 bits per heavy atom. The van der Waals surface area contributed by atoms with Gasteiger partial charge in [-0.05, 0) is 18.2 Å². The largest absolute Gasteiger partial charge is 0.495 e. The van der Waals surface area contributed by atoms with Gasteiger partial charge in [0.1, 0.15) is 17.6 Å². The maximum atomic E-state index is 11.8. The molecule has 0 aliphatic carbocycles. The normalized spacial score (nSPS) is 15.2. The molecule has 2 heterocycles. The number of nitrogens with two attached hydrogens (primary N) is 1. The van der Waals surface area contributed by atoms with E-state index in [-0.39, 0.29) is 12.5 Å². The number of aliphatic hydroxyl groups excluding tert-OH is 1. The van der Waals surface area contributed by atoms with Crippen LogP contribution < -0.4 is 25.6 Å². The van der Waals surface area contributed by atoms with Gasteiger partial charge in [0.25, 0.3) is 0 Å². The van der Waals surface area contributed by atoms with Crippen LogP contribution in [0.5, 0.6) is 5.75 Å². The van der Waals surface area contributed by atoms with E-state index in [2.05, 4.69) is 26.2 Å². The van der Waals surface area contributed by atoms with Crippen molar-refractivity contribution in [1.29, 1.82) is 0 Å². The second-order valence-corrected chi connectivity index (χ2v) is 6.64. The second-order valence-electron chi connectivity index (χ2n) is 6.64. The molecular formula is C20H27N5O3. The smallest absolute Gasteiger partial charge is 0.239 e. The molecule has 0 unspecified atom stereocenters. The fraction of sp³-hybridized carbons (Fsp3) is 0.400. The molecule has 0 saturated carbocycles. The van der Waals surface area contributed by atoms with Gasteiger partial charge in [0.2, 0.25) is 5.91 Å². The first-order valence-corrected chi connectivity index (χ1v) is 9.35. The Hall–Kier alpha value is -2.84. The van der Waals surface area contributed by atoms with Gasteiger partial charge in [0.15, 0.2) is 0 Å². The lowest BCUT2D eigenvalue weighted by Gasteiger charge is -2.37. The Labute approximate surface area is 164 Å². The van der Waals surface area contributed by atoms with Crippen LogP contribution in [0, 0.1) is 0 Å². The third-order valence-electron chi connectivity index (χ3n) is 4.86. The monoisotopic (exact) mass is 385 g/mol. The summed E-state index contributed by atoms with van der Waals surface area (Å²) in [6.07, 6.45) is 1.76. The number of hydrogen-bond acceptors (Lipinski definition) is 7. The fourth-order valence-electron chi connectivity index (χ4n) is 3.30. The minimum atomic E-state index is -0.912. The Bertz CT molecular complexity index is 793. The van der Waals surface area contributed by atoms with Crippen molar-refractivity contribution in [3.63, 3.8) is 0 Å². The number of pyridine rings is 1. The molecular weight excluding hydrogens is 358 g/mol. The molecule has 28 heavy (non-hydrogen) atoms. The van der Waals surface area contributed by atoms with Gasteiger partial charge < -0.3 is 30.7 Å². The summed E-state index contributed by atoms with van der Waals surface area (Å²) < 4.78 is 5.48. The number of aliphatic hydroxyl groups is 1. The number of anilines is 2. The molecule has 1 fully saturated rings. The Balaban J connectivity index is 1.65. The summed E-state index contributed by atoms with van der Waals surface area (Å²) in [5, 5.41) is 11.8. The lowest BCUT2D eigenvalue weighted by Crippen LogP contribution is -2.47. The van der Waals surface area contributed by atoms with Crippen LogP contribution in [-0.2, 0) is 11.3 Å². The van der Waals surface area contributed by atoms with E-state index >= 15 is 0 Å². The molecule has 1 aliphatic heterocycles. The highest BCUT2D eigenvalue weighted by Crippen LogP contribution is 2.29. The van der Waals surface area contributed by atoms with Crippen molar-refractivity contribution in [2.45, 2.75) is 12.6 Å². The molecule has 3 rings (SSSR count). The highest BCUT2D eigenvalue weighted by atomic mass is 16.5. The van der Waals surface area contributed by atoms with Crippen LogP contribution in [-0.4, -0.2) is 61.9 Å². The second kappa shape index (κ2) is 9.38. The van der Waals surface area contributed by atoms with Gasteiger partial charge in [0.05, 0.1) is 19.4 Å². The predicted octanol–water partition coefficient (Wildman–Crippen LogP) is 0.353. The van der Waals surface area contributed by atoms with E-state index in [1.54, 1.807) is 13.3 Å². The predicted molar refractivity (Wildman–Crippen MR) is 109 cm³/mol. The molecule has 0 bridgehead atoms. The van der Waals surface area contributed by atoms with Gasteiger partial charge >= 0.3 is 0 Å². The van der Waals surface area contributed by atoms with E-state index in [1.807, 2.05) is 30.3 Å². The minimum Gasteiger partial charge on any atom is -0.495 e. The number of aromatic nitrogens is 1. The number of rotatable bonds is 7. The van der Waals surface area contributed by atoms with E-state index in [1.165, 1.54) is 0 Å². The zero-order valence-electron chi connectivity index (χ0n) is 16.0. The van der Waals surface area contributed by atoms with E-state index in [9.17, 15) is 4.79 Å². The summed E-state index contributed by atoms with van der Waals surface area (Å²) in [7, 11) is 1.69. The minimum absolute atomic E-state index is 0.322. The average molecular weight is 385 g/mol. The first-order valence-electron chi connectivity index (χ1n) is 9.35. The number of ether oxygens (including phenoxy) is 1. The van der Waals surface area contributed by atoms with Crippen LogP contribution >= 0.6 is 0 Å². The summed E-state index contributed by atoms with van der Waals surface area (Å²) in [5.74, 6) is 1.36. The van der Waals surface area contributed by atoms with Crippen molar-refractivity contribution in [3.8, 4) is 5.75 Å². The van der Waals surface area contributed by atoms with Crippen LogP contribution in [0.3, 0.4) is 0 Å². The Morgan fingerprint density at radius 1 is 1.21 bits per heavy atom. The van der Waals surface area contributed by atoms with E-state index in [0.29, 0.717) is 6.54 Å². The standard InChI is InChI=1S/C20H27N5O3/c1-28-18-7-3-2-6-17(18)24-9-11-25(12-10-24)19-15(5-4-8-22-19)13-23-20(27)16(21)14-26/h2-8,16,26H,9-14,21H2,1H3,(H,23,27)/t16-/m0/s1. The zero-order valence-corrected chi connectivity index (χ0v) is 16.0. The number of nitrogens with one attached hydrogen (secondary N) is 1. The highest BCUT2D eigenvalue weighted by Gasteiger charge is 2.22. The summed E-state index contributed by atoms with van der Waals surface area (Å²) >= 11 is 0. The quantitative estimate of drug-likeness (QED) is 0.632. The lowest BCUT2D eigenvalue weighted by molar-refractivity contribution is -0.123. The Kier molecular flexibility index (Phi) is 6.67. The number of methoxy groups -OCH3 is 1. The zero-order chi connectivity index (χ0) is 19.9. The van der Waals surface area contributed by atoms with Crippen molar-refractivity contribution < 1.29 is 14.6 Å². The molecule has 1 aromatic carbocycles. The number of piperazine rings is 1. The first-order chi connectivity index (χ1) is 13.6. The van der Waals surface area contributed by atoms with Crippen LogP contribution in [0.1, 0.15) is 5.56 Å². The van der Waals surface area contributed by atoms with Gasteiger partial charge in [0, 0.05) is 44.5 Å². The molecule has 1 amide bonds. The third-order valence-corrected chi connectivity index (χ3v) is 4.86. The molecule has 2 aromatic rings. The van der Waals surface area contributed by atoms with Crippen molar-refractivity contribution in [3.05, 3.63) is 48.2 Å². The maximum absolute atomic E-state index is 11.8. The number of nitrogens with zero attached hydrogens (tertiary/aromatic N) is 3.